The summed E-state index contributed by atoms with van der Waals surface area (Å²) in [6, 6.07) is 22.8. The first-order valence-electron chi connectivity index (χ1n) is 10.6. The minimum atomic E-state index is 0.410. The van der Waals surface area contributed by atoms with Crippen LogP contribution < -0.4 is 14.8 Å². The van der Waals surface area contributed by atoms with E-state index in [1.807, 2.05) is 31.2 Å². The third kappa shape index (κ3) is 7.57. The van der Waals surface area contributed by atoms with Gasteiger partial charge in [0.1, 0.15) is 6.61 Å². The van der Waals surface area contributed by atoms with Crippen molar-refractivity contribution in [1.82, 2.24) is 5.32 Å². The normalized spacial score (nSPS) is 11.9. The number of halogens is 2. The first-order valence-corrected chi connectivity index (χ1v) is 11.8. The van der Waals surface area contributed by atoms with Crippen molar-refractivity contribution >= 4 is 27.5 Å². The van der Waals surface area contributed by atoms with E-state index in [9.17, 15) is 0 Å². The van der Waals surface area contributed by atoms with Gasteiger partial charge >= 0.3 is 0 Å². The highest BCUT2D eigenvalue weighted by atomic mass is 79.9. The molecule has 0 radical (unpaired) electrons. The summed E-state index contributed by atoms with van der Waals surface area (Å²) in [6.45, 7) is 5.97. The Balaban J connectivity index is 1.60. The fourth-order valence-corrected chi connectivity index (χ4v) is 4.15. The highest BCUT2D eigenvalue weighted by molar-refractivity contribution is 9.10. The Kier molecular flexibility index (Phi) is 9.26. The summed E-state index contributed by atoms with van der Waals surface area (Å²) in [5.74, 6) is 1.45. The topological polar surface area (TPSA) is 30.5 Å². The number of benzene rings is 3. The summed E-state index contributed by atoms with van der Waals surface area (Å²) in [7, 11) is 0. The molecule has 3 aromatic carbocycles. The van der Waals surface area contributed by atoms with Gasteiger partial charge in [0, 0.05) is 17.6 Å². The summed E-state index contributed by atoms with van der Waals surface area (Å²) in [5.41, 5.74) is 3.54. The van der Waals surface area contributed by atoms with Crippen LogP contribution >= 0.6 is 27.5 Å². The SMILES string of the molecule is CCOc1cc(CN[C@H](C)CCc2ccccc2)cc(Br)c1OCc1cccc(Cl)c1. The molecular formula is C26H29BrClNO2. The van der Waals surface area contributed by atoms with Gasteiger partial charge in [-0.25, -0.2) is 0 Å². The molecular weight excluding hydrogens is 474 g/mol. The first-order chi connectivity index (χ1) is 15.0. The zero-order valence-corrected chi connectivity index (χ0v) is 20.4. The molecule has 0 bridgehead atoms. The van der Waals surface area contributed by atoms with Crippen molar-refractivity contribution < 1.29 is 9.47 Å². The van der Waals surface area contributed by atoms with Crippen molar-refractivity contribution in [2.45, 2.75) is 45.9 Å². The number of rotatable bonds is 11. The van der Waals surface area contributed by atoms with Gasteiger partial charge in [0.25, 0.3) is 0 Å². The maximum absolute atomic E-state index is 6.08. The smallest absolute Gasteiger partial charge is 0.175 e. The molecule has 0 aliphatic rings. The van der Waals surface area contributed by atoms with E-state index in [4.69, 9.17) is 21.1 Å². The van der Waals surface area contributed by atoms with Crippen molar-refractivity contribution in [2.24, 2.45) is 0 Å². The van der Waals surface area contributed by atoms with E-state index in [0.29, 0.717) is 30.0 Å². The van der Waals surface area contributed by atoms with Crippen LogP contribution in [-0.2, 0) is 19.6 Å². The average Bonchev–Trinajstić information content (AvgIpc) is 2.76. The highest BCUT2D eigenvalue weighted by Crippen LogP contribution is 2.37. The summed E-state index contributed by atoms with van der Waals surface area (Å²) in [5, 5.41) is 4.32. The Morgan fingerprint density at radius 2 is 1.71 bits per heavy atom. The number of aryl methyl sites for hydroxylation is 1. The van der Waals surface area contributed by atoms with Crippen LogP contribution in [0, 0.1) is 0 Å². The molecule has 5 heteroatoms. The minimum Gasteiger partial charge on any atom is -0.490 e. The maximum atomic E-state index is 6.08. The molecule has 0 amide bonds. The van der Waals surface area contributed by atoms with Crippen molar-refractivity contribution in [3.63, 3.8) is 0 Å². The van der Waals surface area contributed by atoms with E-state index in [-0.39, 0.29) is 0 Å². The van der Waals surface area contributed by atoms with Crippen LogP contribution in [0.15, 0.2) is 71.2 Å². The fourth-order valence-electron chi connectivity index (χ4n) is 3.33. The minimum absolute atomic E-state index is 0.410. The van der Waals surface area contributed by atoms with Crippen LogP contribution in [0.2, 0.25) is 5.02 Å². The van der Waals surface area contributed by atoms with E-state index in [2.05, 4.69) is 70.6 Å². The lowest BCUT2D eigenvalue weighted by molar-refractivity contribution is 0.267. The molecule has 0 aromatic heterocycles. The van der Waals surface area contributed by atoms with Crippen molar-refractivity contribution in [3.8, 4) is 11.5 Å². The van der Waals surface area contributed by atoms with Gasteiger partial charge in [0.05, 0.1) is 11.1 Å². The molecule has 3 nitrogen and oxygen atoms in total. The average molecular weight is 503 g/mol. The maximum Gasteiger partial charge on any atom is 0.175 e. The van der Waals surface area contributed by atoms with Crippen LogP contribution in [0.25, 0.3) is 0 Å². The van der Waals surface area contributed by atoms with E-state index in [1.165, 1.54) is 5.56 Å². The lowest BCUT2D eigenvalue weighted by Crippen LogP contribution is -2.26. The van der Waals surface area contributed by atoms with E-state index >= 15 is 0 Å². The lowest BCUT2D eigenvalue weighted by Gasteiger charge is -2.18. The van der Waals surface area contributed by atoms with Gasteiger partial charge in [0.2, 0.25) is 0 Å². The zero-order valence-electron chi connectivity index (χ0n) is 18.0. The predicted molar refractivity (Wildman–Crippen MR) is 132 cm³/mol. The zero-order chi connectivity index (χ0) is 22.1. The highest BCUT2D eigenvalue weighted by Gasteiger charge is 2.13. The molecule has 3 rings (SSSR count). The molecule has 1 N–H and O–H groups in total. The van der Waals surface area contributed by atoms with Gasteiger partial charge in [-0.2, -0.15) is 0 Å². The quantitative estimate of drug-likeness (QED) is 0.301. The van der Waals surface area contributed by atoms with Gasteiger partial charge in [-0.3, -0.25) is 0 Å². The van der Waals surface area contributed by atoms with Gasteiger partial charge in [-0.1, -0.05) is 54.1 Å². The third-order valence-corrected chi connectivity index (χ3v) is 5.83. The van der Waals surface area contributed by atoms with E-state index < -0.39 is 0 Å². The van der Waals surface area contributed by atoms with E-state index in [1.54, 1.807) is 0 Å². The van der Waals surface area contributed by atoms with Crippen LogP contribution in [0.4, 0.5) is 0 Å². The third-order valence-electron chi connectivity index (χ3n) is 5.00. The van der Waals surface area contributed by atoms with Crippen molar-refractivity contribution in [1.29, 1.82) is 0 Å². The molecule has 0 saturated heterocycles. The molecule has 0 aliphatic heterocycles. The Morgan fingerprint density at radius 1 is 0.935 bits per heavy atom. The number of nitrogens with one attached hydrogen (secondary N) is 1. The number of hydrogen-bond donors (Lipinski definition) is 1. The molecule has 0 saturated carbocycles. The predicted octanol–water partition coefficient (Wildman–Crippen LogP) is 7.19. The lowest BCUT2D eigenvalue weighted by atomic mass is 10.1. The molecule has 0 fully saturated rings. The Bertz CT molecular complexity index is 965. The summed E-state index contributed by atoms with van der Waals surface area (Å²) in [6.07, 6.45) is 2.16. The van der Waals surface area contributed by atoms with Crippen LogP contribution in [0.5, 0.6) is 11.5 Å². The molecule has 3 aromatic rings. The molecule has 1 atom stereocenters. The van der Waals surface area contributed by atoms with Gasteiger partial charge in [0.15, 0.2) is 11.5 Å². The van der Waals surface area contributed by atoms with Gasteiger partial charge in [-0.05, 0) is 83.6 Å². The second kappa shape index (κ2) is 12.1. The first kappa shape index (κ1) is 23.6. The van der Waals surface area contributed by atoms with E-state index in [0.717, 1.165) is 40.7 Å². The largest absolute Gasteiger partial charge is 0.490 e. The standard InChI is InChI=1S/C26H29BrClNO2/c1-3-30-25-16-22(17-29-19(2)12-13-20-8-5-4-6-9-20)15-24(27)26(25)31-18-21-10-7-11-23(28)14-21/h4-11,14-16,19,29H,3,12-13,17-18H2,1-2H3/t19-/m1/s1. The molecule has 0 spiro atoms. The van der Waals surface area contributed by atoms with Crippen LogP contribution in [0.1, 0.15) is 37.0 Å². The summed E-state index contributed by atoms with van der Waals surface area (Å²) >= 11 is 9.75. The monoisotopic (exact) mass is 501 g/mol. The Labute approximate surface area is 198 Å². The van der Waals surface area contributed by atoms with Gasteiger partial charge < -0.3 is 14.8 Å². The number of hydrogen-bond acceptors (Lipinski definition) is 3. The summed E-state index contributed by atoms with van der Waals surface area (Å²) in [4.78, 5) is 0. The Hall–Kier alpha value is -2.01. The number of ether oxygens (including phenoxy) is 2. The van der Waals surface area contributed by atoms with Crippen molar-refractivity contribution in [2.75, 3.05) is 6.61 Å². The molecule has 0 heterocycles. The molecule has 0 unspecified atom stereocenters. The van der Waals surface area contributed by atoms with Crippen LogP contribution in [0.3, 0.4) is 0 Å². The van der Waals surface area contributed by atoms with Crippen molar-refractivity contribution in [3.05, 3.63) is 92.9 Å². The molecule has 164 valence electrons. The second-order valence-electron chi connectivity index (χ2n) is 7.56. The molecule has 31 heavy (non-hydrogen) atoms. The fraction of sp³-hybridized carbons (Fsp3) is 0.308. The van der Waals surface area contributed by atoms with Gasteiger partial charge in [-0.15, -0.1) is 0 Å². The Morgan fingerprint density at radius 3 is 2.45 bits per heavy atom. The summed E-state index contributed by atoms with van der Waals surface area (Å²) < 4.78 is 12.8. The second-order valence-corrected chi connectivity index (χ2v) is 8.85. The molecule has 0 aliphatic carbocycles. The van der Waals surface area contributed by atoms with Crippen LogP contribution in [-0.4, -0.2) is 12.6 Å².